The third-order valence-electron chi connectivity index (χ3n) is 4.49. The Morgan fingerprint density at radius 2 is 1.77 bits per heavy atom. The lowest BCUT2D eigenvalue weighted by Crippen LogP contribution is -2.27. The van der Waals surface area contributed by atoms with Crippen LogP contribution in [-0.4, -0.2) is 36.0 Å². The van der Waals surface area contributed by atoms with Crippen LogP contribution in [0.4, 0.5) is 11.5 Å². The van der Waals surface area contributed by atoms with Gasteiger partial charge in [-0.2, -0.15) is 0 Å². The van der Waals surface area contributed by atoms with E-state index >= 15 is 0 Å². The smallest absolute Gasteiger partial charge is 0.226 e. The summed E-state index contributed by atoms with van der Waals surface area (Å²) in [4.78, 5) is 33.4. The SMILES string of the molecule is COc1ccc(NC(=O)CC(C)(C)c2cc(NC(=O)CC(C)C)c(OC)cn2)nc1. The summed E-state index contributed by atoms with van der Waals surface area (Å²) in [5.74, 6) is 1.48. The van der Waals surface area contributed by atoms with E-state index in [2.05, 4.69) is 20.6 Å². The third-order valence-corrected chi connectivity index (χ3v) is 4.49. The summed E-state index contributed by atoms with van der Waals surface area (Å²) in [7, 11) is 3.08. The van der Waals surface area contributed by atoms with E-state index < -0.39 is 5.41 Å². The molecule has 0 saturated carbocycles. The molecule has 0 aliphatic carbocycles. The van der Waals surface area contributed by atoms with Gasteiger partial charge in [0.1, 0.15) is 11.6 Å². The standard InChI is InChI=1S/C22H30N4O4/c1-14(2)9-20(27)25-16-10-18(23-13-17(16)30-6)22(3,4)11-21(28)26-19-8-7-15(29-5)12-24-19/h7-8,10,12-14H,9,11H2,1-6H3,(H,23,25,27)(H,24,26,28). The number of carbonyl (C=O) groups excluding carboxylic acids is 2. The van der Waals surface area contributed by atoms with Crippen LogP contribution in [-0.2, 0) is 15.0 Å². The quantitative estimate of drug-likeness (QED) is 0.647. The maximum absolute atomic E-state index is 12.6. The summed E-state index contributed by atoms with van der Waals surface area (Å²) in [6, 6.07) is 5.17. The molecule has 30 heavy (non-hydrogen) atoms. The molecule has 2 N–H and O–H groups in total. The number of hydrogen-bond donors (Lipinski definition) is 2. The van der Waals surface area contributed by atoms with Crippen LogP contribution in [0.3, 0.4) is 0 Å². The van der Waals surface area contributed by atoms with Crippen LogP contribution >= 0.6 is 0 Å². The van der Waals surface area contributed by atoms with E-state index in [0.717, 1.165) is 0 Å². The Bertz CT molecular complexity index is 879. The van der Waals surface area contributed by atoms with Gasteiger partial charge < -0.3 is 20.1 Å². The van der Waals surface area contributed by atoms with Crippen molar-refractivity contribution in [2.75, 3.05) is 24.9 Å². The summed E-state index contributed by atoms with van der Waals surface area (Å²) < 4.78 is 10.4. The van der Waals surface area contributed by atoms with Crippen LogP contribution in [0, 0.1) is 5.92 Å². The number of nitrogens with zero attached hydrogens (tertiary/aromatic N) is 2. The fourth-order valence-electron chi connectivity index (χ4n) is 2.90. The molecule has 162 valence electrons. The average molecular weight is 415 g/mol. The molecule has 0 aliphatic heterocycles. The van der Waals surface area contributed by atoms with Crippen molar-refractivity contribution < 1.29 is 19.1 Å². The van der Waals surface area contributed by atoms with E-state index in [1.54, 1.807) is 31.5 Å². The van der Waals surface area contributed by atoms with E-state index in [9.17, 15) is 9.59 Å². The molecule has 2 amide bonds. The summed E-state index contributed by atoms with van der Waals surface area (Å²) >= 11 is 0. The van der Waals surface area contributed by atoms with Gasteiger partial charge in [-0.25, -0.2) is 4.98 Å². The summed E-state index contributed by atoms with van der Waals surface area (Å²) in [6.45, 7) is 7.80. The van der Waals surface area contributed by atoms with Gasteiger partial charge in [-0.15, -0.1) is 0 Å². The molecule has 2 aromatic heterocycles. The number of hydrogen-bond acceptors (Lipinski definition) is 6. The molecule has 2 heterocycles. The first kappa shape index (κ1) is 23.1. The van der Waals surface area contributed by atoms with Gasteiger partial charge in [0.25, 0.3) is 0 Å². The zero-order chi connectivity index (χ0) is 22.3. The molecule has 0 bridgehead atoms. The normalized spacial score (nSPS) is 11.2. The fraction of sp³-hybridized carbons (Fsp3) is 0.455. The Balaban J connectivity index is 2.14. The lowest BCUT2D eigenvalue weighted by atomic mass is 9.84. The topological polar surface area (TPSA) is 102 Å². The number of carbonyl (C=O) groups is 2. The largest absolute Gasteiger partial charge is 0.495 e. The van der Waals surface area contributed by atoms with Gasteiger partial charge in [0.05, 0.1) is 32.3 Å². The number of pyridine rings is 2. The third kappa shape index (κ3) is 6.43. The van der Waals surface area contributed by atoms with Crippen LogP contribution in [0.5, 0.6) is 11.5 Å². The number of amides is 2. The molecule has 0 unspecified atom stereocenters. The van der Waals surface area contributed by atoms with Gasteiger partial charge in [-0.3, -0.25) is 14.6 Å². The molecule has 8 heteroatoms. The van der Waals surface area contributed by atoms with Gasteiger partial charge in [0.15, 0.2) is 5.75 Å². The number of anilines is 2. The van der Waals surface area contributed by atoms with Crippen molar-refractivity contribution in [3.63, 3.8) is 0 Å². The molecule has 0 saturated heterocycles. The predicted molar refractivity (Wildman–Crippen MR) is 116 cm³/mol. The van der Waals surface area contributed by atoms with Crippen molar-refractivity contribution in [3.05, 3.63) is 36.3 Å². The maximum atomic E-state index is 12.6. The highest BCUT2D eigenvalue weighted by Gasteiger charge is 2.27. The number of methoxy groups -OCH3 is 2. The first-order chi connectivity index (χ1) is 14.1. The summed E-state index contributed by atoms with van der Waals surface area (Å²) in [6.07, 6.45) is 3.68. The molecule has 0 aliphatic rings. The zero-order valence-corrected chi connectivity index (χ0v) is 18.4. The minimum Gasteiger partial charge on any atom is -0.495 e. The molecule has 0 atom stereocenters. The summed E-state index contributed by atoms with van der Waals surface area (Å²) in [5, 5.41) is 5.67. The molecule has 0 spiro atoms. The van der Waals surface area contributed by atoms with Gasteiger partial charge in [0.2, 0.25) is 11.8 Å². The van der Waals surface area contributed by atoms with Gasteiger partial charge in [-0.05, 0) is 24.1 Å². The van der Waals surface area contributed by atoms with E-state index in [1.807, 2.05) is 27.7 Å². The van der Waals surface area contributed by atoms with Crippen molar-refractivity contribution >= 4 is 23.3 Å². The second-order valence-corrected chi connectivity index (χ2v) is 8.11. The molecule has 2 rings (SSSR count). The molecular formula is C22H30N4O4. The molecule has 0 radical (unpaired) electrons. The highest BCUT2D eigenvalue weighted by molar-refractivity contribution is 5.93. The van der Waals surface area contributed by atoms with Crippen molar-refractivity contribution in [2.45, 2.75) is 46.0 Å². The second-order valence-electron chi connectivity index (χ2n) is 8.11. The van der Waals surface area contributed by atoms with Crippen molar-refractivity contribution in [3.8, 4) is 11.5 Å². The highest BCUT2D eigenvalue weighted by Crippen LogP contribution is 2.32. The first-order valence-corrected chi connectivity index (χ1v) is 9.79. The Labute approximate surface area is 177 Å². The Morgan fingerprint density at radius 1 is 1.03 bits per heavy atom. The lowest BCUT2D eigenvalue weighted by molar-refractivity contribution is -0.118. The van der Waals surface area contributed by atoms with Crippen molar-refractivity contribution in [2.24, 2.45) is 5.92 Å². The number of ether oxygens (including phenoxy) is 2. The van der Waals surface area contributed by atoms with E-state index in [-0.39, 0.29) is 24.2 Å². The molecule has 8 nitrogen and oxygen atoms in total. The zero-order valence-electron chi connectivity index (χ0n) is 18.4. The Morgan fingerprint density at radius 3 is 2.33 bits per heavy atom. The molecule has 2 aromatic rings. The van der Waals surface area contributed by atoms with Crippen molar-refractivity contribution in [1.29, 1.82) is 0 Å². The van der Waals surface area contributed by atoms with Gasteiger partial charge >= 0.3 is 0 Å². The van der Waals surface area contributed by atoms with Crippen LogP contribution in [0.15, 0.2) is 30.6 Å². The van der Waals surface area contributed by atoms with E-state index in [4.69, 9.17) is 9.47 Å². The van der Waals surface area contributed by atoms with E-state index in [0.29, 0.717) is 35.1 Å². The van der Waals surface area contributed by atoms with E-state index in [1.165, 1.54) is 13.3 Å². The van der Waals surface area contributed by atoms with Gasteiger partial charge in [-0.1, -0.05) is 27.7 Å². The van der Waals surface area contributed by atoms with Crippen molar-refractivity contribution in [1.82, 2.24) is 9.97 Å². The maximum Gasteiger partial charge on any atom is 0.226 e. The molecule has 0 aromatic carbocycles. The minimum atomic E-state index is -0.583. The minimum absolute atomic E-state index is 0.0958. The molecular weight excluding hydrogens is 384 g/mol. The van der Waals surface area contributed by atoms with Crippen LogP contribution < -0.4 is 20.1 Å². The van der Waals surface area contributed by atoms with Crippen LogP contribution in [0.25, 0.3) is 0 Å². The van der Waals surface area contributed by atoms with Crippen LogP contribution in [0.2, 0.25) is 0 Å². The first-order valence-electron chi connectivity index (χ1n) is 9.79. The fourth-order valence-corrected chi connectivity index (χ4v) is 2.90. The summed E-state index contributed by atoms with van der Waals surface area (Å²) in [5.41, 5.74) is 0.625. The Hall–Kier alpha value is -3.16. The van der Waals surface area contributed by atoms with Gasteiger partial charge in [0, 0.05) is 24.0 Å². The Kier molecular flexibility index (Phi) is 7.74. The average Bonchev–Trinajstić information content (AvgIpc) is 2.67. The second kappa shape index (κ2) is 10.0. The number of rotatable bonds is 9. The monoisotopic (exact) mass is 414 g/mol. The number of nitrogens with one attached hydrogen (secondary N) is 2. The lowest BCUT2D eigenvalue weighted by Gasteiger charge is -2.24. The number of aromatic nitrogens is 2. The van der Waals surface area contributed by atoms with Crippen LogP contribution in [0.1, 0.15) is 46.2 Å². The predicted octanol–water partition coefficient (Wildman–Crippen LogP) is 3.78. The molecule has 0 fully saturated rings. The highest BCUT2D eigenvalue weighted by atomic mass is 16.5.